The van der Waals surface area contributed by atoms with E-state index in [1.165, 1.54) is 0 Å². The molecule has 1 atom stereocenters. The standard InChI is InChI=1S/C20H31NO3Si/c1-5-25(6-2,7-3)20(4)16-21(14-13-18(20)22)19(23)24-15-17-11-9-8-10-12-17/h8-12H,5-7,13-16H2,1-4H3. The third-order valence-electron chi connectivity index (χ3n) is 6.40. The van der Waals surface area contributed by atoms with Crippen molar-refractivity contribution in [1.29, 1.82) is 0 Å². The molecular weight excluding hydrogens is 330 g/mol. The van der Waals surface area contributed by atoms with Gasteiger partial charge >= 0.3 is 6.09 Å². The highest BCUT2D eigenvalue weighted by Gasteiger charge is 2.54. The molecule has 0 aliphatic carbocycles. The third kappa shape index (κ3) is 3.81. The molecule has 1 saturated heterocycles. The van der Waals surface area contributed by atoms with E-state index in [1.807, 2.05) is 30.3 Å². The molecule has 0 saturated carbocycles. The summed E-state index contributed by atoms with van der Waals surface area (Å²) >= 11 is 0. The second-order valence-electron chi connectivity index (χ2n) is 7.31. The van der Waals surface area contributed by atoms with Gasteiger partial charge in [-0.2, -0.15) is 0 Å². The van der Waals surface area contributed by atoms with Gasteiger partial charge in [0.2, 0.25) is 0 Å². The number of likely N-dealkylation sites (tertiary alicyclic amines) is 1. The van der Waals surface area contributed by atoms with E-state index in [4.69, 9.17) is 4.74 Å². The summed E-state index contributed by atoms with van der Waals surface area (Å²) in [4.78, 5) is 27.2. The van der Waals surface area contributed by atoms with Gasteiger partial charge in [0.25, 0.3) is 0 Å². The van der Waals surface area contributed by atoms with Gasteiger partial charge < -0.3 is 9.64 Å². The Labute approximate surface area is 152 Å². The highest BCUT2D eigenvalue weighted by Crippen LogP contribution is 2.48. The Morgan fingerprint density at radius 1 is 1.16 bits per heavy atom. The molecule has 1 aromatic carbocycles. The number of nitrogens with zero attached hydrogens (tertiary/aromatic N) is 1. The summed E-state index contributed by atoms with van der Waals surface area (Å²) in [6, 6.07) is 12.9. The summed E-state index contributed by atoms with van der Waals surface area (Å²) < 4.78 is 5.50. The van der Waals surface area contributed by atoms with Crippen molar-refractivity contribution in [2.45, 2.75) is 63.9 Å². The lowest BCUT2D eigenvalue weighted by molar-refractivity contribution is -0.124. The molecule has 1 aliphatic rings. The Kier molecular flexibility index (Phi) is 6.44. The number of Topliss-reactive ketones (excluding diaryl/α,β-unsaturated/α-hetero) is 1. The van der Waals surface area contributed by atoms with Crippen molar-refractivity contribution in [2.75, 3.05) is 13.1 Å². The molecule has 0 radical (unpaired) electrons. The molecule has 1 aliphatic heterocycles. The van der Waals surface area contributed by atoms with Crippen LogP contribution in [0.2, 0.25) is 23.2 Å². The van der Waals surface area contributed by atoms with Crippen LogP contribution in [0.25, 0.3) is 0 Å². The Hall–Kier alpha value is -1.62. The molecule has 1 fully saturated rings. The number of amides is 1. The van der Waals surface area contributed by atoms with E-state index < -0.39 is 8.07 Å². The summed E-state index contributed by atoms with van der Waals surface area (Å²) in [6.45, 7) is 10.0. The molecule has 2 rings (SSSR count). The minimum atomic E-state index is -1.78. The second-order valence-corrected chi connectivity index (χ2v) is 13.1. The third-order valence-corrected chi connectivity index (χ3v) is 13.2. The van der Waals surface area contributed by atoms with Crippen LogP contribution in [0.15, 0.2) is 30.3 Å². The van der Waals surface area contributed by atoms with E-state index >= 15 is 0 Å². The van der Waals surface area contributed by atoms with Gasteiger partial charge in [-0.15, -0.1) is 0 Å². The maximum absolute atomic E-state index is 12.8. The SMILES string of the molecule is CC[Si](CC)(CC)C1(C)CN(C(=O)OCc2ccccc2)CCC1=O. The largest absolute Gasteiger partial charge is 0.445 e. The van der Waals surface area contributed by atoms with E-state index in [9.17, 15) is 9.59 Å². The van der Waals surface area contributed by atoms with Crippen molar-refractivity contribution >= 4 is 20.0 Å². The average Bonchev–Trinajstić information content (AvgIpc) is 2.65. The topological polar surface area (TPSA) is 46.6 Å². The molecule has 0 N–H and O–H groups in total. The fraction of sp³-hybridized carbons (Fsp3) is 0.600. The lowest BCUT2D eigenvalue weighted by Crippen LogP contribution is -2.58. The van der Waals surface area contributed by atoms with Gasteiger partial charge in [0.15, 0.2) is 0 Å². The first-order chi connectivity index (χ1) is 11.9. The Bertz CT molecular complexity index is 592. The smallest absolute Gasteiger partial charge is 0.410 e. The van der Waals surface area contributed by atoms with Gasteiger partial charge in [-0.1, -0.05) is 76.2 Å². The predicted octanol–water partition coefficient (Wildman–Crippen LogP) is 4.87. The average molecular weight is 362 g/mol. The lowest BCUT2D eigenvalue weighted by Gasteiger charge is -2.50. The van der Waals surface area contributed by atoms with Crippen LogP contribution in [0.1, 0.15) is 39.7 Å². The molecule has 138 valence electrons. The first kappa shape index (κ1) is 19.7. The van der Waals surface area contributed by atoms with Crippen molar-refractivity contribution in [1.82, 2.24) is 4.90 Å². The summed E-state index contributed by atoms with van der Waals surface area (Å²) in [5.74, 6) is 0.344. The van der Waals surface area contributed by atoms with Gasteiger partial charge in [0.05, 0.1) is 8.07 Å². The Morgan fingerprint density at radius 3 is 2.32 bits per heavy atom. The van der Waals surface area contributed by atoms with Crippen LogP contribution in [0.4, 0.5) is 4.79 Å². The maximum Gasteiger partial charge on any atom is 0.410 e. The van der Waals surface area contributed by atoms with Crippen LogP contribution in [0, 0.1) is 0 Å². The van der Waals surface area contributed by atoms with E-state index in [1.54, 1.807) is 4.90 Å². The fourth-order valence-electron chi connectivity index (χ4n) is 4.41. The molecule has 1 heterocycles. The Balaban J connectivity index is 2.10. The predicted molar refractivity (Wildman–Crippen MR) is 103 cm³/mol. The number of carbonyl (C=O) groups excluding carboxylic acids is 2. The van der Waals surface area contributed by atoms with Gasteiger partial charge in [-0.05, 0) is 5.56 Å². The van der Waals surface area contributed by atoms with Crippen LogP contribution in [-0.4, -0.2) is 37.9 Å². The zero-order valence-electron chi connectivity index (χ0n) is 16.0. The van der Waals surface area contributed by atoms with Crippen LogP contribution in [-0.2, 0) is 16.1 Å². The van der Waals surface area contributed by atoms with Gasteiger partial charge in [0, 0.05) is 24.5 Å². The first-order valence-corrected chi connectivity index (χ1v) is 12.0. The van der Waals surface area contributed by atoms with Gasteiger partial charge in [0.1, 0.15) is 12.4 Å². The molecule has 25 heavy (non-hydrogen) atoms. The molecule has 4 nitrogen and oxygen atoms in total. The number of ketones is 1. The van der Waals surface area contributed by atoms with Crippen LogP contribution in [0.3, 0.4) is 0 Å². The molecule has 1 amide bonds. The quantitative estimate of drug-likeness (QED) is 0.679. The number of ether oxygens (including phenoxy) is 1. The van der Waals surface area contributed by atoms with Crippen molar-refractivity contribution < 1.29 is 14.3 Å². The molecule has 1 aromatic rings. The van der Waals surface area contributed by atoms with Crippen molar-refractivity contribution in [3.05, 3.63) is 35.9 Å². The van der Waals surface area contributed by atoms with E-state index in [2.05, 4.69) is 27.7 Å². The molecule has 0 aromatic heterocycles. The Morgan fingerprint density at radius 2 is 1.76 bits per heavy atom. The number of benzene rings is 1. The van der Waals surface area contributed by atoms with Gasteiger partial charge in [-0.3, -0.25) is 4.79 Å². The van der Waals surface area contributed by atoms with Crippen LogP contribution in [0.5, 0.6) is 0 Å². The monoisotopic (exact) mass is 361 g/mol. The van der Waals surface area contributed by atoms with E-state index in [0.29, 0.717) is 25.3 Å². The summed E-state index contributed by atoms with van der Waals surface area (Å²) in [7, 11) is -1.78. The van der Waals surface area contributed by atoms with Crippen molar-refractivity contribution in [3.63, 3.8) is 0 Å². The highest BCUT2D eigenvalue weighted by molar-refractivity contribution is 6.85. The number of piperidine rings is 1. The first-order valence-electron chi connectivity index (χ1n) is 9.41. The molecule has 1 unspecified atom stereocenters. The number of hydrogen-bond acceptors (Lipinski definition) is 3. The van der Waals surface area contributed by atoms with Gasteiger partial charge in [-0.25, -0.2) is 4.79 Å². The lowest BCUT2D eigenvalue weighted by atomic mass is 9.97. The molecule has 0 bridgehead atoms. The molecule has 0 spiro atoms. The zero-order chi connectivity index (χ0) is 18.5. The van der Waals surface area contributed by atoms with E-state index in [-0.39, 0.29) is 17.7 Å². The summed E-state index contributed by atoms with van der Waals surface area (Å²) in [5.41, 5.74) is 0.978. The van der Waals surface area contributed by atoms with Crippen LogP contribution < -0.4 is 0 Å². The normalized spacial score (nSPS) is 21.3. The van der Waals surface area contributed by atoms with Crippen molar-refractivity contribution in [3.8, 4) is 0 Å². The molecular formula is C20H31NO3Si. The number of rotatable bonds is 6. The van der Waals surface area contributed by atoms with Crippen LogP contribution >= 0.6 is 0 Å². The maximum atomic E-state index is 12.8. The second kappa shape index (κ2) is 8.17. The fourth-order valence-corrected chi connectivity index (χ4v) is 9.50. The zero-order valence-corrected chi connectivity index (χ0v) is 17.0. The van der Waals surface area contributed by atoms with Crippen molar-refractivity contribution in [2.24, 2.45) is 0 Å². The minimum Gasteiger partial charge on any atom is -0.445 e. The molecule has 5 heteroatoms. The minimum absolute atomic E-state index is 0.277. The van der Waals surface area contributed by atoms with E-state index in [0.717, 1.165) is 23.7 Å². The number of hydrogen-bond donors (Lipinski definition) is 0. The summed E-state index contributed by atoms with van der Waals surface area (Å²) in [5, 5.41) is -0.366. The summed E-state index contributed by atoms with van der Waals surface area (Å²) in [6.07, 6.45) is 0.153. The number of carbonyl (C=O) groups is 2. The highest BCUT2D eigenvalue weighted by atomic mass is 28.3.